The molecule has 0 spiro atoms. The minimum Gasteiger partial charge on any atom is -0.456 e. The number of esters is 1. The van der Waals surface area contributed by atoms with Gasteiger partial charge in [0, 0.05) is 13.1 Å². The number of nitrogens with one attached hydrogen (secondary N) is 1. The van der Waals surface area contributed by atoms with Crippen molar-refractivity contribution < 1.29 is 22.7 Å². The number of nitrogens with zero attached hydrogens (tertiary/aromatic N) is 1. The van der Waals surface area contributed by atoms with Crippen LogP contribution in [0.5, 0.6) is 0 Å². The first-order valence-corrected chi connectivity index (χ1v) is 12.5. The van der Waals surface area contributed by atoms with Gasteiger partial charge in [0.15, 0.2) is 6.61 Å². The lowest BCUT2D eigenvalue weighted by molar-refractivity contribution is -0.149. The zero-order valence-electron chi connectivity index (χ0n) is 18.6. The number of sulfonamides is 1. The average Bonchev–Trinajstić information content (AvgIpc) is 2.87. The van der Waals surface area contributed by atoms with E-state index in [2.05, 4.69) is 5.32 Å². The summed E-state index contributed by atoms with van der Waals surface area (Å²) < 4.78 is 33.3. The molecule has 0 saturated carbocycles. The van der Waals surface area contributed by atoms with Crippen LogP contribution in [0, 0.1) is 0 Å². The van der Waals surface area contributed by atoms with Crippen molar-refractivity contribution in [2.75, 3.05) is 13.2 Å². The number of hydrogen-bond donors (Lipinski definition) is 1. The van der Waals surface area contributed by atoms with Gasteiger partial charge in [-0.2, -0.15) is 4.31 Å². The Morgan fingerprint density at radius 3 is 2.29 bits per heavy atom. The Hall–Kier alpha value is -3.49. The Balaban J connectivity index is 1.45. The highest BCUT2D eigenvalue weighted by atomic mass is 32.2. The molecule has 176 valence electrons. The van der Waals surface area contributed by atoms with Crippen LogP contribution in [-0.4, -0.2) is 37.8 Å². The predicted molar refractivity (Wildman–Crippen MR) is 127 cm³/mol. The van der Waals surface area contributed by atoms with E-state index in [4.69, 9.17) is 4.74 Å². The summed E-state index contributed by atoms with van der Waals surface area (Å²) in [7, 11) is -3.82. The third-order valence-electron chi connectivity index (χ3n) is 5.77. The molecule has 3 aromatic rings. The van der Waals surface area contributed by atoms with Gasteiger partial charge in [-0.05, 0) is 35.2 Å². The van der Waals surface area contributed by atoms with Crippen molar-refractivity contribution in [1.29, 1.82) is 0 Å². The molecule has 0 bridgehead atoms. The molecule has 7 nitrogen and oxygen atoms in total. The average molecular weight is 479 g/mol. The van der Waals surface area contributed by atoms with E-state index in [9.17, 15) is 18.0 Å². The van der Waals surface area contributed by atoms with Gasteiger partial charge >= 0.3 is 5.97 Å². The van der Waals surface area contributed by atoms with Crippen LogP contribution in [0.15, 0.2) is 89.8 Å². The highest BCUT2D eigenvalue weighted by molar-refractivity contribution is 7.89. The zero-order chi connectivity index (χ0) is 24.0. The fraction of sp³-hybridized carbons (Fsp3) is 0.231. The van der Waals surface area contributed by atoms with E-state index < -0.39 is 34.5 Å². The first-order valence-electron chi connectivity index (χ1n) is 11.1. The van der Waals surface area contributed by atoms with Gasteiger partial charge in [0.05, 0.1) is 17.4 Å². The Morgan fingerprint density at radius 1 is 0.912 bits per heavy atom. The number of ether oxygens (including phenoxy) is 1. The largest absolute Gasteiger partial charge is 0.456 e. The first-order chi connectivity index (χ1) is 16.4. The van der Waals surface area contributed by atoms with Crippen molar-refractivity contribution in [3.8, 4) is 0 Å². The number of carbonyl (C=O) groups excluding carboxylic acids is 2. The van der Waals surface area contributed by atoms with Crippen molar-refractivity contribution >= 4 is 21.9 Å². The van der Waals surface area contributed by atoms with Gasteiger partial charge in [0.2, 0.25) is 10.0 Å². The maximum absolute atomic E-state index is 13.4. The van der Waals surface area contributed by atoms with Gasteiger partial charge in [0.1, 0.15) is 0 Å². The van der Waals surface area contributed by atoms with Crippen LogP contribution in [0.3, 0.4) is 0 Å². The third kappa shape index (κ3) is 5.52. The second-order valence-electron chi connectivity index (χ2n) is 8.02. The highest BCUT2D eigenvalue weighted by Gasteiger charge is 2.37. The molecule has 0 saturated heterocycles. The summed E-state index contributed by atoms with van der Waals surface area (Å²) in [5.74, 6) is -1.06. The maximum atomic E-state index is 13.4. The van der Waals surface area contributed by atoms with Gasteiger partial charge in [0.25, 0.3) is 5.91 Å². The molecule has 1 amide bonds. The summed E-state index contributed by atoms with van der Waals surface area (Å²) in [5.41, 5.74) is 2.71. The highest BCUT2D eigenvalue weighted by Crippen LogP contribution is 2.36. The van der Waals surface area contributed by atoms with Crippen LogP contribution in [-0.2, 0) is 37.3 Å². The van der Waals surface area contributed by atoms with Crippen molar-refractivity contribution in [3.05, 3.63) is 102 Å². The van der Waals surface area contributed by atoms with Crippen LogP contribution in [0.2, 0.25) is 0 Å². The van der Waals surface area contributed by atoms with E-state index >= 15 is 0 Å². The zero-order valence-corrected chi connectivity index (χ0v) is 19.4. The Kier molecular flexibility index (Phi) is 7.40. The molecule has 1 aliphatic heterocycles. The lowest BCUT2D eigenvalue weighted by Crippen LogP contribution is -2.41. The van der Waals surface area contributed by atoms with Crippen molar-refractivity contribution in [2.24, 2.45) is 0 Å². The minimum atomic E-state index is -3.82. The number of rotatable bonds is 8. The fourth-order valence-corrected chi connectivity index (χ4v) is 5.69. The monoisotopic (exact) mass is 478 g/mol. The Morgan fingerprint density at radius 2 is 1.56 bits per heavy atom. The van der Waals surface area contributed by atoms with Gasteiger partial charge in [-0.15, -0.1) is 0 Å². The van der Waals surface area contributed by atoms with Crippen LogP contribution < -0.4 is 5.32 Å². The van der Waals surface area contributed by atoms with E-state index in [1.165, 1.54) is 4.31 Å². The predicted octanol–water partition coefficient (Wildman–Crippen LogP) is 3.22. The molecule has 8 heteroatoms. The molecule has 34 heavy (non-hydrogen) atoms. The second kappa shape index (κ2) is 10.6. The van der Waals surface area contributed by atoms with Crippen LogP contribution in [0.4, 0.5) is 0 Å². The van der Waals surface area contributed by atoms with E-state index in [1.807, 2.05) is 54.6 Å². The molecular formula is C26H26N2O5S. The maximum Gasteiger partial charge on any atom is 0.308 e. The standard InChI is InChI=1S/C26H26N2O5S/c29-25(27-18-20-9-3-1-4-10-20)19-33-26(30)17-24-23-14-8-7-11-21(23)15-16-28(24)34(31,32)22-12-5-2-6-13-22/h1-14,24H,15-19H2,(H,27,29). The van der Waals surface area contributed by atoms with Gasteiger partial charge in [-0.1, -0.05) is 72.8 Å². The minimum absolute atomic E-state index is 0.174. The number of hydrogen-bond acceptors (Lipinski definition) is 5. The topological polar surface area (TPSA) is 92.8 Å². The molecule has 3 aromatic carbocycles. The summed E-state index contributed by atoms with van der Waals surface area (Å²) in [5, 5.41) is 2.71. The van der Waals surface area contributed by atoms with Gasteiger partial charge < -0.3 is 10.1 Å². The molecule has 0 aromatic heterocycles. The van der Waals surface area contributed by atoms with E-state index in [0.29, 0.717) is 13.0 Å². The molecule has 0 fully saturated rings. The molecule has 1 aliphatic rings. The molecule has 1 atom stereocenters. The molecular weight excluding hydrogens is 452 g/mol. The fourth-order valence-electron chi connectivity index (χ4n) is 4.07. The summed E-state index contributed by atoms with van der Waals surface area (Å²) in [6, 6.07) is 24.4. The van der Waals surface area contributed by atoms with E-state index in [0.717, 1.165) is 16.7 Å². The van der Waals surface area contributed by atoms with Crippen LogP contribution >= 0.6 is 0 Å². The first kappa shape index (κ1) is 23.7. The lowest BCUT2D eigenvalue weighted by Gasteiger charge is -2.36. The Labute approximate surface area is 199 Å². The molecule has 1 heterocycles. The summed E-state index contributed by atoms with van der Waals surface area (Å²) in [4.78, 5) is 25.0. The number of benzene rings is 3. The molecule has 1 unspecified atom stereocenters. The lowest BCUT2D eigenvalue weighted by atomic mass is 9.92. The van der Waals surface area contributed by atoms with Crippen molar-refractivity contribution in [2.45, 2.75) is 30.3 Å². The van der Waals surface area contributed by atoms with E-state index in [-0.39, 0.29) is 17.9 Å². The van der Waals surface area contributed by atoms with Gasteiger partial charge in [-0.25, -0.2) is 8.42 Å². The third-order valence-corrected chi connectivity index (χ3v) is 7.69. The van der Waals surface area contributed by atoms with E-state index in [1.54, 1.807) is 30.3 Å². The smallest absolute Gasteiger partial charge is 0.308 e. The quantitative estimate of drug-likeness (QED) is 0.502. The molecule has 1 N–H and O–H groups in total. The molecule has 0 aliphatic carbocycles. The van der Waals surface area contributed by atoms with Crippen molar-refractivity contribution in [3.63, 3.8) is 0 Å². The second-order valence-corrected chi connectivity index (χ2v) is 9.91. The number of carbonyl (C=O) groups is 2. The normalized spacial score (nSPS) is 15.8. The van der Waals surface area contributed by atoms with Crippen molar-refractivity contribution in [1.82, 2.24) is 9.62 Å². The number of amides is 1. The van der Waals surface area contributed by atoms with Crippen LogP contribution in [0.25, 0.3) is 0 Å². The number of fused-ring (bicyclic) bond motifs is 1. The summed E-state index contributed by atoms with van der Waals surface area (Å²) in [6.07, 6.45) is 0.366. The molecule has 4 rings (SSSR count). The van der Waals surface area contributed by atoms with Gasteiger partial charge in [-0.3, -0.25) is 9.59 Å². The van der Waals surface area contributed by atoms with Crippen LogP contribution in [0.1, 0.15) is 29.2 Å². The summed E-state index contributed by atoms with van der Waals surface area (Å²) >= 11 is 0. The molecule has 0 radical (unpaired) electrons. The Bertz CT molecular complexity index is 1250. The SMILES string of the molecule is O=C(COC(=O)CC1c2ccccc2CCN1S(=O)(=O)c1ccccc1)NCc1ccccc1. The summed E-state index contributed by atoms with van der Waals surface area (Å²) in [6.45, 7) is 0.158.